The maximum Gasteiger partial charge on any atom is 0.227 e. The van der Waals surface area contributed by atoms with Crippen molar-refractivity contribution in [3.8, 4) is 0 Å². The van der Waals surface area contributed by atoms with Crippen LogP contribution in [0.25, 0.3) is 0 Å². The van der Waals surface area contributed by atoms with E-state index in [-0.39, 0.29) is 28.7 Å². The number of amides is 1. The van der Waals surface area contributed by atoms with Crippen LogP contribution in [0.3, 0.4) is 0 Å². The van der Waals surface area contributed by atoms with Gasteiger partial charge in [0.05, 0.1) is 30.2 Å². The number of nitrogens with one attached hydrogen (secondary N) is 1. The molecule has 1 aromatic carbocycles. The van der Waals surface area contributed by atoms with Crippen molar-refractivity contribution in [2.75, 3.05) is 26.3 Å². The molecule has 1 aromatic rings. The van der Waals surface area contributed by atoms with E-state index in [1.807, 2.05) is 0 Å². The summed E-state index contributed by atoms with van der Waals surface area (Å²) in [6, 6.07) is 4.98. The van der Waals surface area contributed by atoms with Gasteiger partial charge in [0.15, 0.2) is 0 Å². The monoisotopic (exact) mass is 298 g/mol. The number of halogens is 2. The molecule has 2 aliphatic heterocycles. The molecule has 0 radical (unpaired) electrons. The minimum absolute atomic E-state index is 0.0292. The zero-order valence-electron chi connectivity index (χ0n) is 10.9. The lowest BCUT2D eigenvalue weighted by atomic mass is 10.1. The highest BCUT2D eigenvalue weighted by Gasteiger charge is 2.33. The van der Waals surface area contributed by atoms with E-state index in [9.17, 15) is 9.18 Å². The third kappa shape index (κ3) is 2.80. The van der Waals surface area contributed by atoms with Gasteiger partial charge in [-0.25, -0.2) is 4.39 Å². The summed E-state index contributed by atoms with van der Waals surface area (Å²) in [5.74, 6) is -0.537. The molecule has 6 heteroatoms. The molecule has 0 unspecified atom stereocenters. The number of hydrogen-bond acceptors (Lipinski definition) is 3. The zero-order valence-corrected chi connectivity index (χ0v) is 11.7. The summed E-state index contributed by atoms with van der Waals surface area (Å²) in [6.45, 7) is 2.63. The summed E-state index contributed by atoms with van der Waals surface area (Å²) >= 11 is 5.80. The first-order valence-electron chi connectivity index (χ1n) is 6.67. The molecule has 3 rings (SSSR count). The van der Waals surface area contributed by atoms with Crippen LogP contribution in [0.4, 0.5) is 4.39 Å². The Morgan fingerprint density at radius 2 is 2.25 bits per heavy atom. The molecule has 2 saturated heterocycles. The van der Waals surface area contributed by atoms with Gasteiger partial charge in [0, 0.05) is 25.2 Å². The van der Waals surface area contributed by atoms with Gasteiger partial charge in [0.25, 0.3) is 0 Å². The molecule has 0 aromatic heterocycles. The predicted octanol–water partition coefficient (Wildman–Crippen LogP) is 1.43. The van der Waals surface area contributed by atoms with Crippen molar-refractivity contribution < 1.29 is 13.9 Å². The Balaban J connectivity index is 1.77. The molecule has 2 fully saturated rings. The molecule has 20 heavy (non-hydrogen) atoms. The first kappa shape index (κ1) is 13.8. The highest BCUT2D eigenvalue weighted by molar-refractivity contribution is 6.30. The summed E-state index contributed by atoms with van der Waals surface area (Å²) in [5.41, 5.74) is 0.561. The minimum atomic E-state index is -0.376. The van der Waals surface area contributed by atoms with Crippen LogP contribution in [0, 0.1) is 11.7 Å². The fourth-order valence-corrected chi connectivity index (χ4v) is 2.96. The molecule has 2 atom stereocenters. The van der Waals surface area contributed by atoms with Gasteiger partial charge in [-0.2, -0.15) is 0 Å². The van der Waals surface area contributed by atoms with Crippen LogP contribution in [-0.2, 0) is 16.1 Å². The first-order valence-corrected chi connectivity index (χ1v) is 7.04. The second kappa shape index (κ2) is 5.68. The predicted molar refractivity (Wildman–Crippen MR) is 72.9 cm³/mol. The quantitative estimate of drug-likeness (QED) is 0.898. The molecule has 108 valence electrons. The Bertz CT molecular complexity index is 526. The standard InChI is InChI=1S/C14H16ClFN2O2/c15-12-3-1-2-9(13(12)16)4-18-5-10-7-20-8-11(6-18)17-14(10)19/h1-3,10-11H,4-8H2,(H,17,19)/t10-,11+/m1/s1. The summed E-state index contributed by atoms with van der Waals surface area (Å²) in [5, 5.41) is 3.09. The summed E-state index contributed by atoms with van der Waals surface area (Å²) < 4.78 is 19.4. The smallest absolute Gasteiger partial charge is 0.227 e. The van der Waals surface area contributed by atoms with E-state index in [0.717, 1.165) is 0 Å². The lowest BCUT2D eigenvalue weighted by Gasteiger charge is -2.27. The van der Waals surface area contributed by atoms with E-state index in [0.29, 0.717) is 38.4 Å². The topological polar surface area (TPSA) is 41.6 Å². The second-order valence-corrected chi connectivity index (χ2v) is 5.75. The third-order valence-corrected chi connectivity index (χ3v) is 4.03. The van der Waals surface area contributed by atoms with E-state index >= 15 is 0 Å². The van der Waals surface area contributed by atoms with Crippen LogP contribution in [0.2, 0.25) is 5.02 Å². The Morgan fingerprint density at radius 1 is 1.40 bits per heavy atom. The van der Waals surface area contributed by atoms with E-state index in [2.05, 4.69) is 10.2 Å². The first-order chi connectivity index (χ1) is 9.63. The molecule has 2 bridgehead atoms. The lowest BCUT2D eigenvalue weighted by Crippen LogP contribution is -2.41. The van der Waals surface area contributed by atoms with Crippen molar-refractivity contribution in [3.05, 3.63) is 34.6 Å². The van der Waals surface area contributed by atoms with Gasteiger partial charge in [-0.3, -0.25) is 9.69 Å². The number of benzene rings is 1. The number of carbonyl (C=O) groups is 1. The van der Waals surface area contributed by atoms with E-state index in [1.165, 1.54) is 6.07 Å². The number of fused-ring (bicyclic) bond motifs is 3. The molecule has 0 aliphatic carbocycles. The molecule has 4 nitrogen and oxygen atoms in total. The van der Waals surface area contributed by atoms with Crippen molar-refractivity contribution in [2.24, 2.45) is 5.92 Å². The molecule has 2 heterocycles. The second-order valence-electron chi connectivity index (χ2n) is 5.35. The van der Waals surface area contributed by atoms with Gasteiger partial charge < -0.3 is 10.1 Å². The Kier molecular flexibility index (Phi) is 3.92. The number of rotatable bonds is 2. The van der Waals surface area contributed by atoms with Crippen LogP contribution in [0.1, 0.15) is 5.56 Å². The van der Waals surface area contributed by atoms with Crippen molar-refractivity contribution in [3.63, 3.8) is 0 Å². The fourth-order valence-electron chi connectivity index (χ4n) is 2.76. The van der Waals surface area contributed by atoms with Gasteiger partial charge in [0.1, 0.15) is 5.82 Å². The number of nitrogens with zero attached hydrogens (tertiary/aromatic N) is 1. The summed E-state index contributed by atoms with van der Waals surface area (Å²) in [4.78, 5) is 14.0. The van der Waals surface area contributed by atoms with Crippen LogP contribution in [0.5, 0.6) is 0 Å². The zero-order chi connectivity index (χ0) is 14.1. The van der Waals surface area contributed by atoms with Gasteiger partial charge in [-0.1, -0.05) is 23.7 Å². The van der Waals surface area contributed by atoms with Crippen LogP contribution in [0.15, 0.2) is 18.2 Å². The summed E-state index contributed by atoms with van der Waals surface area (Å²) in [6.07, 6.45) is 0. The van der Waals surface area contributed by atoms with Gasteiger partial charge in [-0.15, -0.1) is 0 Å². The summed E-state index contributed by atoms with van der Waals surface area (Å²) in [7, 11) is 0. The van der Waals surface area contributed by atoms with E-state index in [4.69, 9.17) is 16.3 Å². The molecule has 1 amide bonds. The van der Waals surface area contributed by atoms with Crippen molar-refractivity contribution in [1.29, 1.82) is 0 Å². The van der Waals surface area contributed by atoms with Crippen molar-refractivity contribution >= 4 is 17.5 Å². The van der Waals surface area contributed by atoms with Crippen molar-refractivity contribution in [2.45, 2.75) is 12.6 Å². The van der Waals surface area contributed by atoms with Gasteiger partial charge >= 0.3 is 0 Å². The fraction of sp³-hybridized carbons (Fsp3) is 0.500. The normalized spacial score (nSPS) is 27.0. The Morgan fingerprint density at radius 3 is 3.10 bits per heavy atom. The van der Waals surface area contributed by atoms with Crippen LogP contribution >= 0.6 is 11.6 Å². The third-order valence-electron chi connectivity index (χ3n) is 3.74. The minimum Gasteiger partial charge on any atom is -0.378 e. The lowest BCUT2D eigenvalue weighted by molar-refractivity contribution is -0.125. The Hall–Kier alpha value is -1.17. The number of carbonyl (C=O) groups excluding carboxylic acids is 1. The van der Waals surface area contributed by atoms with Crippen LogP contribution in [-0.4, -0.2) is 43.2 Å². The highest BCUT2D eigenvalue weighted by atomic mass is 35.5. The van der Waals surface area contributed by atoms with Gasteiger partial charge in [0.2, 0.25) is 5.91 Å². The van der Waals surface area contributed by atoms with Crippen LogP contribution < -0.4 is 5.32 Å². The van der Waals surface area contributed by atoms with Crippen molar-refractivity contribution in [1.82, 2.24) is 10.2 Å². The SMILES string of the molecule is O=C1N[C@@H]2COC[C@H]1CN(Cc1cccc(Cl)c1F)C2. The van der Waals surface area contributed by atoms with Gasteiger partial charge in [-0.05, 0) is 6.07 Å². The maximum absolute atomic E-state index is 14.0. The number of hydrogen-bond donors (Lipinski definition) is 1. The largest absolute Gasteiger partial charge is 0.378 e. The molecule has 2 aliphatic rings. The molecule has 0 spiro atoms. The van der Waals surface area contributed by atoms with E-state index in [1.54, 1.807) is 12.1 Å². The molecular formula is C14H16ClFN2O2. The average Bonchev–Trinajstić information content (AvgIpc) is 2.64. The molecule has 1 N–H and O–H groups in total. The average molecular weight is 299 g/mol. The number of ether oxygens (including phenoxy) is 1. The molecule has 0 saturated carbocycles. The highest BCUT2D eigenvalue weighted by Crippen LogP contribution is 2.21. The maximum atomic E-state index is 14.0. The Labute approximate surface area is 121 Å². The van der Waals surface area contributed by atoms with E-state index < -0.39 is 0 Å². The molecular weight excluding hydrogens is 283 g/mol.